The number of thiol groups is 2. The molecule has 15 nitrogen and oxygen atoms in total. The van der Waals surface area contributed by atoms with E-state index in [0.29, 0.717) is 18.7 Å². The summed E-state index contributed by atoms with van der Waals surface area (Å²) in [5, 5.41) is 0. The lowest BCUT2D eigenvalue weighted by Crippen LogP contribution is -2.37. The molecule has 0 radical (unpaired) electrons. The molecule has 2 saturated heterocycles. The summed E-state index contributed by atoms with van der Waals surface area (Å²) in [6.07, 6.45) is 4.59. The first kappa shape index (κ1) is 27.4. The summed E-state index contributed by atoms with van der Waals surface area (Å²) >= 11 is 8.42. The van der Waals surface area contributed by atoms with Gasteiger partial charge in [0, 0.05) is 31.0 Å². The van der Waals surface area contributed by atoms with Crippen molar-refractivity contribution in [2.24, 2.45) is 5.92 Å². The lowest BCUT2D eigenvalue weighted by molar-refractivity contribution is -0.0288. The van der Waals surface area contributed by atoms with E-state index in [0.717, 1.165) is 0 Å². The molecule has 3 aromatic rings. The maximum Gasteiger partial charge on any atom is 0.388 e. The molecule has 39 heavy (non-hydrogen) atoms. The quantitative estimate of drug-likeness (QED) is 0.288. The molecular weight excluding hydrogens is 594 g/mol. The van der Waals surface area contributed by atoms with Gasteiger partial charge in [0.15, 0.2) is 16.9 Å². The number of hydrogen-bond acceptors (Lipinski definition) is 13. The molecule has 6 rings (SSSR count). The van der Waals surface area contributed by atoms with Gasteiger partial charge in [0.2, 0.25) is 5.88 Å². The highest BCUT2D eigenvalue weighted by Gasteiger charge is 2.50. The third-order valence-corrected chi connectivity index (χ3v) is 10.0. The van der Waals surface area contributed by atoms with Crippen LogP contribution in [0.15, 0.2) is 36.0 Å². The Morgan fingerprint density at radius 2 is 1.97 bits per heavy atom. The smallest absolute Gasteiger partial charge is 0.388 e. The molecule has 3 aliphatic rings. The van der Waals surface area contributed by atoms with Crippen LogP contribution in [-0.4, -0.2) is 67.6 Å². The van der Waals surface area contributed by atoms with Gasteiger partial charge in [0.25, 0.3) is 5.56 Å². The van der Waals surface area contributed by atoms with Crippen LogP contribution in [0.25, 0.3) is 11.2 Å². The van der Waals surface area contributed by atoms with E-state index in [2.05, 4.69) is 49.4 Å². The van der Waals surface area contributed by atoms with Crippen LogP contribution < -0.4 is 10.3 Å². The van der Waals surface area contributed by atoms with E-state index in [-0.39, 0.29) is 43.5 Å². The van der Waals surface area contributed by atoms with Crippen molar-refractivity contribution in [3.63, 3.8) is 0 Å². The van der Waals surface area contributed by atoms with Gasteiger partial charge in [-0.05, 0) is 6.42 Å². The van der Waals surface area contributed by atoms with Crippen molar-refractivity contribution in [1.82, 2.24) is 29.5 Å². The molecule has 2 aliphatic heterocycles. The largest absolute Gasteiger partial charge is 0.474 e. The average Bonchev–Trinajstić information content (AvgIpc) is 3.60. The first-order valence-corrected chi connectivity index (χ1v) is 17.3. The topological polar surface area (TPSA) is 179 Å². The number of aromatic amines is 1. The van der Waals surface area contributed by atoms with Crippen molar-refractivity contribution >= 4 is 49.3 Å². The fraction of sp³-hybridized carbons (Fsp3) is 0.550. The van der Waals surface area contributed by atoms with E-state index < -0.39 is 43.0 Å². The molecule has 0 spiro atoms. The second-order valence-electron chi connectivity index (χ2n) is 9.38. The van der Waals surface area contributed by atoms with Crippen molar-refractivity contribution in [3.05, 3.63) is 41.6 Å². The Kier molecular flexibility index (Phi) is 7.40. The van der Waals surface area contributed by atoms with Gasteiger partial charge in [-0.25, -0.2) is 29.1 Å². The molecule has 1 saturated carbocycles. The van der Waals surface area contributed by atoms with Gasteiger partial charge in [-0.1, -0.05) is 24.5 Å². The fourth-order valence-electron chi connectivity index (χ4n) is 5.02. The third-order valence-electron chi connectivity index (χ3n) is 6.73. The highest BCUT2D eigenvalue weighted by molar-refractivity contribution is 8.44. The maximum absolute atomic E-state index is 13.6. The Bertz CT molecular complexity index is 1510. The summed E-state index contributed by atoms with van der Waals surface area (Å²) in [6.45, 7) is -8.32. The SMILES string of the molecule is O=c1[nH]cnc2c1ncn2[C@]12CO[C@H](COP(=O)(S)OC3C[C@H](Oc4ccncn4)C[C@@H]3COP(=O)(S)O1)C2. The molecule has 3 fully saturated rings. The standard InChI is InChI=1S/C20H24N6O9P2S2/c27-19-17-18(23-10-24-19)26(11-25-17)20-5-14(30-8-20)7-32-36(28,38)34-15-4-13(33-16-1-2-21-9-22-16)3-12(15)6-31-37(29,39)35-20/h1-2,9-15H,3-8H2,(H,28,38)(H,29,39)(H,23,24,27)/t12-,13-,14+,15?,20+,36?,37?/m1/s1. The number of hydrogen-bond donors (Lipinski definition) is 3. The monoisotopic (exact) mass is 618 g/mol. The number of nitrogens with one attached hydrogen (secondary N) is 1. The number of rotatable bonds is 3. The van der Waals surface area contributed by atoms with Crippen molar-refractivity contribution in [2.75, 3.05) is 19.8 Å². The van der Waals surface area contributed by atoms with E-state index in [1.807, 2.05) is 0 Å². The van der Waals surface area contributed by atoms with Gasteiger partial charge in [0.05, 0.1) is 44.7 Å². The van der Waals surface area contributed by atoms with E-state index in [1.165, 1.54) is 23.5 Å². The van der Waals surface area contributed by atoms with E-state index in [1.54, 1.807) is 12.3 Å². The van der Waals surface area contributed by atoms with Crippen LogP contribution in [0.5, 0.6) is 5.88 Å². The Morgan fingerprint density at radius 1 is 1.13 bits per heavy atom. The Balaban J connectivity index is 1.29. The van der Waals surface area contributed by atoms with E-state index >= 15 is 0 Å². The average molecular weight is 619 g/mol. The molecule has 3 aromatic heterocycles. The molecule has 1 N–H and O–H groups in total. The van der Waals surface area contributed by atoms with Crippen LogP contribution in [0.1, 0.15) is 19.3 Å². The maximum atomic E-state index is 13.6. The molecule has 19 heteroatoms. The molecule has 0 aromatic carbocycles. The van der Waals surface area contributed by atoms with Crippen molar-refractivity contribution in [3.8, 4) is 5.88 Å². The second-order valence-corrected chi connectivity index (χ2v) is 15.1. The summed E-state index contributed by atoms with van der Waals surface area (Å²) in [4.78, 5) is 31.0. The summed E-state index contributed by atoms with van der Waals surface area (Å²) in [6, 6.07) is 1.62. The van der Waals surface area contributed by atoms with Crippen LogP contribution in [0.3, 0.4) is 0 Å². The minimum Gasteiger partial charge on any atom is -0.474 e. The molecule has 5 heterocycles. The first-order valence-electron chi connectivity index (χ1n) is 11.9. The highest BCUT2D eigenvalue weighted by Crippen LogP contribution is 2.61. The van der Waals surface area contributed by atoms with Gasteiger partial charge in [0.1, 0.15) is 12.4 Å². The summed E-state index contributed by atoms with van der Waals surface area (Å²) in [7, 11) is 0. The Morgan fingerprint density at radius 3 is 2.79 bits per heavy atom. The van der Waals surface area contributed by atoms with Gasteiger partial charge in [-0.3, -0.25) is 22.9 Å². The number of ether oxygens (including phenoxy) is 2. The van der Waals surface area contributed by atoms with Crippen LogP contribution in [-0.2, 0) is 37.7 Å². The fourth-order valence-corrected chi connectivity index (χ4v) is 8.33. The third kappa shape index (κ3) is 5.83. The number of fused-ring (bicyclic) bond motifs is 4. The molecule has 3 unspecified atom stereocenters. The summed E-state index contributed by atoms with van der Waals surface area (Å²) in [5.74, 6) is -0.0432. The van der Waals surface area contributed by atoms with E-state index in [4.69, 9.17) is 27.6 Å². The van der Waals surface area contributed by atoms with Crippen LogP contribution in [0.2, 0.25) is 0 Å². The van der Waals surface area contributed by atoms with Crippen molar-refractivity contribution in [1.29, 1.82) is 0 Å². The number of aromatic nitrogens is 6. The van der Waals surface area contributed by atoms with Gasteiger partial charge in [-0.2, -0.15) is 0 Å². The molecule has 0 amide bonds. The number of imidazole rings is 1. The van der Waals surface area contributed by atoms with Gasteiger partial charge >= 0.3 is 13.6 Å². The lowest BCUT2D eigenvalue weighted by Gasteiger charge is -2.32. The normalized spacial score (nSPS) is 37.5. The van der Waals surface area contributed by atoms with Crippen molar-refractivity contribution < 1.29 is 36.7 Å². The summed E-state index contributed by atoms with van der Waals surface area (Å²) < 4.78 is 63.2. The zero-order valence-corrected chi connectivity index (χ0v) is 23.7. The minimum atomic E-state index is -4.06. The first-order chi connectivity index (χ1) is 18.6. The zero-order valence-electron chi connectivity index (χ0n) is 20.1. The molecule has 1 aliphatic carbocycles. The molecule has 2 bridgehead atoms. The lowest BCUT2D eigenvalue weighted by atomic mass is 10.1. The Hall–Kier alpha value is -1.81. The predicted octanol–water partition coefficient (Wildman–Crippen LogP) is 2.73. The highest BCUT2D eigenvalue weighted by atomic mass is 32.7. The minimum absolute atomic E-state index is 0.0600. The van der Waals surface area contributed by atoms with Crippen molar-refractivity contribution in [2.45, 2.75) is 43.3 Å². The van der Waals surface area contributed by atoms with Crippen LogP contribution in [0.4, 0.5) is 0 Å². The number of nitrogens with zero attached hydrogens (tertiary/aromatic N) is 5. The van der Waals surface area contributed by atoms with Crippen LogP contribution in [0, 0.1) is 5.92 Å². The molecular formula is C20H24N6O9P2S2. The van der Waals surface area contributed by atoms with Crippen LogP contribution >= 0.6 is 38.1 Å². The van der Waals surface area contributed by atoms with Gasteiger partial charge < -0.3 is 19.0 Å². The Labute approximate surface area is 231 Å². The molecule has 7 atom stereocenters. The number of H-pyrrole nitrogens is 1. The van der Waals surface area contributed by atoms with Gasteiger partial charge in [-0.15, -0.1) is 0 Å². The summed E-state index contributed by atoms with van der Waals surface area (Å²) in [5.41, 5.74) is -1.68. The zero-order chi connectivity index (χ0) is 27.3. The second kappa shape index (κ2) is 10.5. The molecule has 210 valence electrons. The van der Waals surface area contributed by atoms with E-state index in [9.17, 15) is 13.9 Å². The predicted molar refractivity (Wildman–Crippen MR) is 141 cm³/mol.